The average Bonchev–Trinajstić information content (AvgIpc) is 3.44. The number of halogens is 3. The van der Waals surface area contributed by atoms with Crippen LogP contribution in [0.4, 0.5) is 0 Å². The summed E-state index contributed by atoms with van der Waals surface area (Å²) in [6.45, 7) is 6.24. The number of nitrogens with zero attached hydrogens (tertiary/aromatic N) is 7. The number of fused-ring (bicyclic) bond motifs is 1. The first-order chi connectivity index (χ1) is 16.4. The quantitative estimate of drug-likeness (QED) is 0.354. The first-order valence-corrected chi connectivity index (χ1v) is 12.5. The smallest absolute Gasteiger partial charge is 0.274 e. The topological polar surface area (TPSA) is 71.6 Å². The van der Waals surface area contributed by atoms with Crippen molar-refractivity contribution in [1.82, 2.24) is 34.2 Å². The minimum Gasteiger partial charge on any atom is -0.335 e. The molecule has 0 saturated carbocycles. The Bertz CT molecular complexity index is 1360. The Kier molecular flexibility index (Phi) is 6.61. The minimum absolute atomic E-state index is 0.0984. The number of amides is 1. The molecule has 0 radical (unpaired) electrons. The molecule has 11 heteroatoms. The summed E-state index contributed by atoms with van der Waals surface area (Å²) < 4.78 is 4.39. The molecule has 0 bridgehead atoms. The van der Waals surface area contributed by atoms with Crippen molar-refractivity contribution >= 4 is 50.7 Å². The van der Waals surface area contributed by atoms with Crippen molar-refractivity contribution in [1.29, 1.82) is 0 Å². The molecule has 4 aromatic rings. The van der Waals surface area contributed by atoms with E-state index in [0.717, 1.165) is 47.6 Å². The number of hydrogen-bond donors (Lipinski definition) is 0. The van der Waals surface area contributed by atoms with Gasteiger partial charge in [0.1, 0.15) is 5.69 Å². The summed E-state index contributed by atoms with van der Waals surface area (Å²) in [5.41, 5.74) is 3.54. The van der Waals surface area contributed by atoms with Crippen LogP contribution in [0.25, 0.3) is 17.0 Å². The molecule has 34 heavy (non-hydrogen) atoms. The summed E-state index contributed by atoms with van der Waals surface area (Å²) in [6, 6.07) is 9.14. The highest BCUT2D eigenvalue weighted by Crippen LogP contribution is 2.27. The Morgan fingerprint density at radius 1 is 1.09 bits per heavy atom. The molecule has 0 aliphatic carbocycles. The lowest BCUT2D eigenvalue weighted by atomic mass is 10.2. The van der Waals surface area contributed by atoms with E-state index < -0.39 is 0 Å². The van der Waals surface area contributed by atoms with E-state index in [1.165, 1.54) is 0 Å². The van der Waals surface area contributed by atoms with E-state index in [1.807, 2.05) is 40.9 Å². The van der Waals surface area contributed by atoms with Gasteiger partial charge in [-0.25, -0.2) is 9.50 Å². The molecule has 1 fully saturated rings. The van der Waals surface area contributed by atoms with Gasteiger partial charge in [0, 0.05) is 67.8 Å². The van der Waals surface area contributed by atoms with Crippen LogP contribution in [0, 0.1) is 0 Å². The van der Waals surface area contributed by atoms with Crippen LogP contribution in [0.3, 0.4) is 0 Å². The lowest BCUT2D eigenvalue weighted by molar-refractivity contribution is 0.0622. The highest BCUT2D eigenvalue weighted by molar-refractivity contribution is 9.10. The van der Waals surface area contributed by atoms with Crippen LogP contribution < -0.4 is 0 Å². The molecule has 1 aliphatic heterocycles. The molecule has 3 aromatic heterocycles. The fourth-order valence-electron chi connectivity index (χ4n) is 4.07. The normalized spacial score (nSPS) is 14.8. The second kappa shape index (κ2) is 9.65. The maximum atomic E-state index is 13.2. The Morgan fingerprint density at radius 2 is 1.88 bits per heavy atom. The largest absolute Gasteiger partial charge is 0.335 e. The molecule has 8 nitrogen and oxygen atoms in total. The summed E-state index contributed by atoms with van der Waals surface area (Å²) in [6.07, 6.45) is 3.63. The van der Waals surface area contributed by atoms with Crippen LogP contribution in [0.2, 0.25) is 10.0 Å². The lowest BCUT2D eigenvalue weighted by Crippen LogP contribution is -2.48. The summed E-state index contributed by atoms with van der Waals surface area (Å²) in [7, 11) is 0. The summed E-state index contributed by atoms with van der Waals surface area (Å²) in [5, 5.41) is 10.5. The zero-order valence-corrected chi connectivity index (χ0v) is 21.6. The van der Waals surface area contributed by atoms with Crippen molar-refractivity contribution in [3.8, 4) is 11.4 Å². The third-order valence-corrected chi connectivity index (χ3v) is 7.10. The number of piperazine rings is 1. The maximum absolute atomic E-state index is 13.2. The van der Waals surface area contributed by atoms with Crippen molar-refractivity contribution in [2.24, 2.45) is 0 Å². The van der Waals surface area contributed by atoms with Gasteiger partial charge in [-0.3, -0.25) is 14.4 Å². The third-order valence-electron chi connectivity index (χ3n) is 5.93. The number of carbonyl (C=O) groups is 1. The summed E-state index contributed by atoms with van der Waals surface area (Å²) in [4.78, 5) is 21.7. The second-order valence-corrected chi connectivity index (χ2v) is 9.81. The zero-order chi connectivity index (χ0) is 23.8. The molecule has 1 saturated heterocycles. The maximum Gasteiger partial charge on any atom is 0.274 e. The predicted octanol–water partition coefficient (Wildman–Crippen LogP) is 4.64. The van der Waals surface area contributed by atoms with E-state index in [0.29, 0.717) is 34.5 Å². The molecule has 4 heterocycles. The van der Waals surface area contributed by atoms with E-state index in [4.69, 9.17) is 23.2 Å². The number of aryl methyl sites for hydroxylation is 1. The Balaban J connectivity index is 1.31. The van der Waals surface area contributed by atoms with E-state index >= 15 is 0 Å². The fourth-order valence-corrected chi connectivity index (χ4v) is 5.06. The van der Waals surface area contributed by atoms with Crippen molar-refractivity contribution in [2.75, 3.05) is 26.2 Å². The van der Waals surface area contributed by atoms with Gasteiger partial charge in [-0.05, 0) is 46.6 Å². The van der Waals surface area contributed by atoms with Crippen molar-refractivity contribution in [3.05, 3.63) is 68.5 Å². The van der Waals surface area contributed by atoms with Gasteiger partial charge < -0.3 is 4.90 Å². The van der Waals surface area contributed by atoms with Crippen molar-refractivity contribution in [2.45, 2.75) is 20.0 Å². The molecule has 0 spiro atoms. The van der Waals surface area contributed by atoms with E-state index in [1.54, 1.807) is 22.8 Å². The Morgan fingerprint density at radius 3 is 2.59 bits per heavy atom. The molecule has 1 aromatic carbocycles. The molecular formula is C23H22BrCl2N7O. The van der Waals surface area contributed by atoms with Gasteiger partial charge in [0.25, 0.3) is 5.91 Å². The zero-order valence-electron chi connectivity index (χ0n) is 18.5. The monoisotopic (exact) mass is 561 g/mol. The summed E-state index contributed by atoms with van der Waals surface area (Å²) in [5.74, 6) is -0.0984. The van der Waals surface area contributed by atoms with Crippen LogP contribution in [0.15, 0.2) is 47.2 Å². The number of hydrogen-bond acceptors (Lipinski definition) is 5. The number of aromatic nitrogens is 5. The standard InChI is InChI=1S/C23H22BrCl2N7O/c1-2-32-14-17(24)22(29-32)20-5-6-27-21-12-19(28-33(20)21)23(34)31-9-7-30(8-10-31)13-15-3-4-16(25)11-18(15)26/h3-6,11-12,14H,2,7-10,13H2,1H3. The number of carbonyl (C=O) groups excluding carboxylic acids is 1. The Hall–Kier alpha value is -2.46. The minimum atomic E-state index is -0.0984. The fraction of sp³-hybridized carbons (Fsp3) is 0.304. The van der Waals surface area contributed by atoms with Gasteiger partial charge in [-0.2, -0.15) is 10.2 Å². The summed E-state index contributed by atoms with van der Waals surface area (Å²) >= 11 is 15.9. The number of rotatable bonds is 5. The SMILES string of the molecule is CCn1cc(Br)c(-c2ccnc3cc(C(=O)N4CCN(Cc5ccc(Cl)cc5Cl)CC4)nn23)n1. The van der Waals surface area contributed by atoms with Crippen LogP contribution in [-0.4, -0.2) is 66.3 Å². The van der Waals surface area contributed by atoms with Crippen LogP contribution >= 0.6 is 39.1 Å². The highest BCUT2D eigenvalue weighted by atomic mass is 79.9. The van der Waals surface area contributed by atoms with Gasteiger partial charge >= 0.3 is 0 Å². The third kappa shape index (κ3) is 4.57. The lowest BCUT2D eigenvalue weighted by Gasteiger charge is -2.34. The molecule has 5 rings (SSSR count). The molecule has 1 amide bonds. The Labute approximate surface area is 215 Å². The molecular weight excluding hydrogens is 541 g/mol. The van der Waals surface area contributed by atoms with E-state index in [2.05, 4.69) is 36.0 Å². The van der Waals surface area contributed by atoms with Gasteiger partial charge in [0.05, 0.1) is 10.2 Å². The average molecular weight is 563 g/mol. The predicted molar refractivity (Wildman–Crippen MR) is 135 cm³/mol. The van der Waals surface area contributed by atoms with Gasteiger partial charge in [-0.1, -0.05) is 29.3 Å². The second-order valence-electron chi connectivity index (χ2n) is 8.12. The first kappa shape index (κ1) is 23.3. The van der Waals surface area contributed by atoms with Crippen LogP contribution in [0.5, 0.6) is 0 Å². The highest BCUT2D eigenvalue weighted by Gasteiger charge is 2.25. The van der Waals surface area contributed by atoms with Gasteiger partial charge in [0.15, 0.2) is 11.3 Å². The van der Waals surface area contributed by atoms with Crippen molar-refractivity contribution < 1.29 is 4.79 Å². The van der Waals surface area contributed by atoms with E-state index in [9.17, 15) is 4.79 Å². The molecule has 0 atom stereocenters. The molecule has 0 unspecified atom stereocenters. The molecule has 0 N–H and O–H groups in total. The van der Waals surface area contributed by atoms with Crippen LogP contribution in [-0.2, 0) is 13.1 Å². The van der Waals surface area contributed by atoms with Gasteiger partial charge in [0.2, 0.25) is 0 Å². The van der Waals surface area contributed by atoms with Crippen LogP contribution in [0.1, 0.15) is 23.0 Å². The van der Waals surface area contributed by atoms with Crippen molar-refractivity contribution in [3.63, 3.8) is 0 Å². The van der Waals surface area contributed by atoms with E-state index in [-0.39, 0.29) is 5.91 Å². The van der Waals surface area contributed by atoms with Gasteiger partial charge in [-0.15, -0.1) is 0 Å². The first-order valence-electron chi connectivity index (χ1n) is 11.0. The molecule has 176 valence electrons. The number of benzene rings is 1. The molecule has 1 aliphatic rings.